The van der Waals surface area contributed by atoms with Gasteiger partial charge in [0.2, 0.25) is 0 Å². The normalized spacial score (nSPS) is 11.3. The average Bonchev–Trinajstić information content (AvgIpc) is 2.35. The standard InChI is InChI=1S/C13H12BrFN2O2S/c1-20(18,19)9-3-5-13(12(16)7-9)17-8-2-4-10(14)11(15)6-8/h2-7,17H,16H2,1H3. The minimum absolute atomic E-state index is 0.141. The molecule has 4 nitrogen and oxygen atoms in total. The van der Waals surface area contributed by atoms with E-state index in [4.69, 9.17) is 5.73 Å². The molecule has 0 aromatic heterocycles. The van der Waals surface area contributed by atoms with E-state index in [1.54, 1.807) is 18.2 Å². The van der Waals surface area contributed by atoms with Crippen LogP contribution in [-0.2, 0) is 9.84 Å². The zero-order chi connectivity index (χ0) is 14.9. The second-order valence-electron chi connectivity index (χ2n) is 4.28. The Labute approximate surface area is 124 Å². The van der Waals surface area contributed by atoms with Crippen molar-refractivity contribution in [3.8, 4) is 0 Å². The highest BCUT2D eigenvalue weighted by atomic mass is 79.9. The van der Waals surface area contributed by atoms with Crippen molar-refractivity contribution < 1.29 is 12.8 Å². The van der Waals surface area contributed by atoms with Crippen LogP contribution in [0.4, 0.5) is 21.5 Å². The highest BCUT2D eigenvalue weighted by molar-refractivity contribution is 9.10. The number of sulfone groups is 1. The fourth-order valence-electron chi connectivity index (χ4n) is 1.61. The summed E-state index contributed by atoms with van der Waals surface area (Å²) in [5.41, 5.74) is 7.11. The molecule has 0 amide bonds. The van der Waals surface area contributed by atoms with Gasteiger partial charge in [-0.05, 0) is 52.3 Å². The molecule has 0 saturated heterocycles. The van der Waals surface area contributed by atoms with Crippen LogP contribution < -0.4 is 11.1 Å². The Kier molecular flexibility index (Phi) is 4.01. The van der Waals surface area contributed by atoms with Crippen LogP contribution in [-0.4, -0.2) is 14.7 Å². The van der Waals surface area contributed by atoms with Crippen molar-refractivity contribution in [2.75, 3.05) is 17.3 Å². The number of halogens is 2. The van der Waals surface area contributed by atoms with Gasteiger partial charge in [-0.1, -0.05) is 0 Å². The van der Waals surface area contributed by atoms with E-state index in [1.807, 2.05) is 0 Å². The third-order valence-corrected chi connectivity index (χ3v) is 4.40. The number of anilines is 3. The topological polar surface area (TPSA) is 72.2 Å². The lowest BCUT2D eigenvalue weighted by atomic mass is 10.2. The summed E-state index contributed by atoms with van der Waals surface area (Å²) in [6.07, 6.45) is 1.11. The van der Waals surface area contributed by atoms with Crippen molar-refractivity contribution in [1.82, 2.24) is 0 Å². The number of benzene rings is 2. The summed E-state index contributed by atoms with van der Waals surface area (Å²) in [6, 6.07) is 8.92. The van der Waals surface area contributed by atoms with Crippen LogP contribution in [0.5, 0.6) is 0 Å². The first-order valence-electron chi connectivity index (χ1n) is 5.59. The van der Waals surface area contributed by atoms with Gasteiger partial charge >= 0.3 is 0 Å². The number of nitrogens with one attached hydrogen (secondary N) is 1. The Morgan fingerprint density at radius 1 is 1.20 bits per heavy atom. The van der Waals surface area contributed by atoms with E-state index < -0.39 is 15.7 Å². The molecular weight excluding hydrogens is 347 g/mol. The lowest BCUT2D eigenvalue weighted by molar-refractivity contribution is 0.602. The first kappa shape index (κ1) is 14.8. The summed E-state index contributed by atoms with van der Waals surface area (Å²) >= 11 is 3.07. The van der Waals surface area contributed by atoms with E-state index in [-0.39, 0.29) is 10.6 Å². The Morgan fingerprint density at radius 2 is 1.90 bits per heavy atom. The van der Waals surface area contributed by atoms with Crippen LogP contribution in [0, 0.1) is 5.82 Å². The maximum atomic E-state index is 13.4. The van der Waals surface area contributed by atoms with Crippen molar-refractivity contribution >= 4 is 42.8 Å². The van der Waals surface area contributed by atoms with Gasteiger partial charge in [0.1, 0.15) is 5.82 Å². The predicted molar refractivity (Wildman–Crippen MR) is 81.3 cm³/mol. The van der Waals surface area contributed by atoms with E-state index >= 15 is 0 Å². The van der Waals surface area contributed by atoms with Crippen LogP contribution >= 0.6 is 15.9 Å². The van der Waals surface area contributed by atoms with E-state index in [0.29, 0.717) is 15.8 Å². The lowest BCUT2D eigenvalue weighted by Gasteiger charge is -2.11. The van der Waals surface area contributed by atoms with Gasteiger partial charge in [-0.25, -0.2) is 12.8 Å². The smallest absolute Gasteiger partial charge is 0.175 e. The zero-order valence-corrected chi connectivity index (χ0v) is 12.9. The second-order valence-corrected chi connectivity index (χ2v) is 7.15. The van der Waals surface area contributed by atoms with Crippen LogP contribution in [0.25, 0.3) is 0 Å². The molecular formula is C13H12BrFN2O2S. The zero-order valence-electron chi connectivity index (χ0n) is 10.5. The van der Waals surface area contributed by atoms with Gasteiger partial charge in [0, 0.05) is 11.9 Å². The lowest BCUT2D eigenvalue weighted by Crippen LogP contribution is -2.01. The van der Waals surface area contributed by atoms with Crippen LogP contribution in [0.1, 0.15) is 0 Å². The van der Waals surface area contributed by atoms with Crippen molar-refractivity contribution in [3.63, 3.8) is 0 Å². The first-order valence-corrected chi connectivity index (χ1v) is 8.27. The van der Waals surface area contributed by atoms with E-state index in [9.17, 15) is 12.8 Å². The molecule has 2 rings (SSSR count). The Hall–Kier alpha value is -1.60. The average molecular weight is 359 g/mol. The minimum atomic E-state index is -3.30. The van der Waals surface area contributed by atoms with Crippen LogP contribution in [0.3, 0.4) is 0 Å². The molecule has 0 saturated carbocycles. The molecule has 0 radical (unpaired) electrons. The van der Waals surface area contributed by atoms with Gasteiger partial charge in [0.25, 0.3) is 0 Å². The number of nitrogen functional groups attached to an aromatic ring is 1. The summed E-state index contributed by atoms with van der Waals surface area (Å²) in [7, 11) is -3.30. The van der Waals surface area contributed by atoms with Gasteiger partial charge < -0.3 is 11.1 Å². The fourth-order valence-corrected chi connectivity index (χ4v) is 2.52. The molecule has 7 heteroatoms. The SMILES string of the molecule is CS(=O)(=O)c1ccc(Nc2ccc(Br)c(F)c2)c(N)c1. The highest BCUT2D eigenvalue weighted by Crippen LogP contribution is 2.27. The first-order chi connectivity index (χ1) is 9.27. The monoisotopic (exact) mass is 358 g/mol. The van der Waals surface area contributed by atoms with Crippen LogP contribution in [0.2, 0.25) is 0 Å². The van der Waals surface area contributed by atoms with E-state index in [2.05, 4.69) is 21.2 Å². The fraction of sp³-hybridized carbons (Fsp3) is 0.0769. The third-order valence-electron chi connectivity index (χ3n) is 2.65. The summed E-state index contributed by atoms with van der Waals surface area (Å²) in [5, 5.41) is 2.94. The van der Waals surface area contributed by atoms with Crippen molar-refractivity contribution in [1.29, 1.82) is 0 Å². The molecule has 0 aliphatic rings. The van der Waals surface area contributed by atoms with E-state index in [0.717, 1.165) is 6.26 Å². The Morgan fingerprint density at radius 3 is 2.45 bits per heavy atom. The molecule has 106 valence electrons. The van der Waals surface area contributed by atoms with Gasteiger partial charge in [-0.3, -0.25) is 0 Å². The highest BCUT2D eigenvalue weighted by Gasteiger charge is 2.10. The summed E-state index contributed by atoms with van der Waals surface area (Å²) in [4.78, 5) is 0.141. The summed E-state index contributed by atoms with van der Waals surface area (Å²) in [6.45, 7) is 0. The van der Waals surface area contributed by atoms with E-state index in [1.165, 1.54) is 18.2 Å². The summed E-state index contributed by atoms with van der Waals surface area (Å²) < 4.78 is 36.6. The molecule has 0 aliphatic heterocycles. The van der Waals surface area contributed by atoms with Crippen molar-refractivity contribution in [2.24, 2.45) is 0 Å². The maximum absolute atomic E-state index is 13.4. The molecule has 0 heterocycles. The molecule has 0 unspecified atom stereocenters. The molecule has 2 aromatic rings. The molecule has 3 N–H and O–H groups in total. The summed E-state index contributed by atoms with van der Waals surface area (Å²) in [5.74, 6) is -0.402. The number of rotatable bonds is 3. The van der Waals surface area contributed by atoms with Gasteiger partial charge in [-0.2, -0.15) is 0 Å². The van der Waals surface area contributed by atoms with Crippen molar-refractivity contribution in [2.45, 2.75) is 4.90 Å². The van der Waals surface area contributed by atoms with Crippen molar-refractivity contribution in [3.05, 3.63) is 46.7 Å². The van der Waals surface area contributed by atoms with Gasteiger partial charge in [0.15, 0.2) is 9.84 Å². The number of hydrogen-bond donors (Lipinski definition) is 2. The minimum Gasteiger partial charge on any atom is -0.397 e. The van der Waals surface area contributed by atoms with Crippen LogP contribution in [0.15, 0.2) is 45.8 Å². The van der Waals surface area contributed by atoms with Gasteiger partial charge in [-0.15, -0.1) is 0 Å². The second kappa shape index (κ2) is 5.41. The maximum Gasteiger partial charge on any atom is 0.175 e. The number of hydrogen-bond acceptors (Lipinski definition) is 4. The molecule has 0 aliphatic carbocycles. The quantitative estimate of drug-likeness (QED) is 0.825. The Balaban J connectivity index is 2.32. The third kappa shape index (κ3) is 3.29. The molecule has 2 aromatic carbocycles. The molecule has 0 spiro atoms. The van der Waals surface area contributed by atoms with Gasteiger partial charge in [0.05, 0.1) is 20.7 Å². The molecule has 20 heavy (non-hydrogen) atoms. The molecule has 0 fully saturated rings. The largest absolute Gasteiger partial charge is 0.397 e. The molecule has 0 bridgehead atoms. The molecule has 0 atom stereocenters. The Bertz CT molecular complexity index is 763. The predicted octanol–water partition coefficient (Wildman–Crippen LogP) is 3.32. The number of nitrogens with two attached hydrogens (primary N) is 1.